The van der Waals surface area contributed by atoms with Crippen molar-refractivity contribution in [2.75, 3.05) is 12.4 Å². The molecule has 1 amide bonds. The zero-order chi connectivity index (χ0) is 13.8. The lowest BCUT2D eigenvalue weighted by atomic mass is 10.2. The molecule has 0 saturated carbocycles. The van der Waals surface area contributed by atoms with Gasteiger partial charge in [-0.25, -0.2) is 0 Å². The minimum atomic E-state index is -0.552. The first kappa shape index (κ1) is 13.9. The van der Waals surface area contributed by atoms with Crippen molar-refractivity contribution in [2.45, 2.75) is 6.04 Å². The van der Waals surface area contributed by atoms with E-state index in [1.807, 2.05) is 36.4 Å². The molecule has 0 fully saturated rings. The minimum absolute atomic E-state index is 0.419. The number of primary amides is 1. The number of hydrogen-bond donors (Lipinski definition) is 2. The van der Waals surface area contributed by atoms with Gasteiger partial charge < -0.3 is 15.8 Å². The number of benzene rings is 1. The molecule has 2 rings (SSSR count). The van der Waals surface area contributed by atoms with E-state index in [9.17, 15) is 4.79 Å². The van der Waals surface area contributed by atoms with Gasteiger partial charge in [0.1, 0.15) is 11.8 Å². The van der Waals surface area contributed by atoms with Crippen molar-refractivity contribution < 1.29 is 9.53 Å². The molecule has 0 aliphatic carbocycles. The van der Waals surface area contributed by atoms with E-state index < -0.39 is 11.9 Å². The van der Waals surface area contributed by atoms with Crippen LogP contribution >= 0.6 is 27.3 Å². The van der Waals surface area contributed by atoms with Gasteiger partial charge in [0.05, 0.1) is 10.9 Å². The Balaban J connectivity index is 2.23. The van der Waals surface area contributed by atoms with Crippen LogP contribution in [-0.2, 0) is 4.79 Å². The van der Waals surface area contributed by atoms with Crippen LogP contribution in [0.3, 0.4) is 0 Å². The Kier molecular flexibility index (Phi) is 4.44. The molecule has 19 heavy (non-hydrogen) atoms. The molecule has 2 aromatic rings. The molecule has 0 aliphatic rings. The van der Waals surface area contributed by atoms with Gasteiger partial charge in [-0.15, -0.1) is 11.3 Å². The van der Waals surface area contributed by atoms with E-state index in [1.165, 1.54) is 11.3 Å². The second kappa shape index (κ2) is 6.08. The van der Waals surface area contributed by atoms with Gasteiger partial charge in [0.2, 0.25) is 5.91 Å². The number of methoxy groups -OCH3 is 1. The summed E-state index contributed by atoms with van der Waals surface area (Å²) in [7, 11) is 1.60. The third-order valence-corrected chi connectivity index (χ3v) is 4.23. The summed E-state index contributed by atoms with van der Waals surface area (Å²) in [6.07, 6.45) is 0. The largest absolute Gasteiger partial charge is 0.497 e. The predicted octanol–water partition coefficient (Wildman–Crippen LogP) is 3.16. The van der Waals surface area contributed by atoms with Crippen LogP contribution in [0.2, 0.25) is 0 Å². The van der Waals surface area contributed by atoms with Gasteiger partial charge in [0.15, 0.2) is 0 Å². The molecule has 6 heteroatoms. The minimum Gasteiger partial charge on any atom is -0.497 e. The first-order valence-electron chi connectivity index (χ1n) is 5.55. The van der Waals surface area contributed by atoms with E-state index in [-0.39, 0.29) is 0 Å². The Morgan fingerprint density at radius 3 is 2.79 bits per heavy atom. The molecule has 100 valence electrons. The quantitative estimate of drug-likeness (QED) is 0.878. The van der Waals surface area contributed by atoms with Crippen molar-refractivity contribution in [2.24, 2.45) is 5.73 Å². The molecule has 0 radical (unpaired) electrons. The molecule has 1 unspecified atom stereocenters. The standard InChI is InChI=1S/C13H13BrN2O2S/c1-18-9-4-2-3-8(7-9)16-12(13(15)17)10-5-6-11(14)19-10/h2-7,12,16H,1H3,(H2,15,17). The summed E-state index contributed by atoms with van der Waals surface area (Å²) in [5.41, 5.74) is 6.24. The molecule has 0 aliphatic heterocycles. The van der Waals surface area contributed by atoms with E-state index in [4.69, 9.17) is 10.5 Å². The molecular weight excluding hydrogens is 328 g/mol. The van der Waals surface area contributed by atoms with Gasteiger partial charge in [-0.3, -0.25) is 4.79 Å². The van der Waals surface area contributed by atoms with Gasteiger partial charge in [-0.2, -0.15) is 0 Å². The number of carbonyl (C=O) groups excluding carboxylic acids is 1. The van der Waals surface area contributed by atoms with E-state index in [2.05, 4.69) is 21.2 Å². The number of anilines is 1. The first-order valence-corrected chi connectivity index (χ1v) is 7.16. The maximum atomic E-state index is 11.6. The molecule has 1 aromatic carbocycles. The fourth-order valence-corrected chi connectivity index (χ4v) is 3.13. The summed E-state index contributed by atoms with van der Waals surface area (Å²) in [6.45, 7) is 0. The maximum Gasteiger partial charge on any atom is 0.245 e. The van der Waals surface area contributed by atoms with Gasteiger partial charge in [0, 0.05) is 16.6 Å². The van der Waals surface area contributed by atoms with Gasteiger partial charge >= 0.3 is 0 Å². The second-order valence-electron chi connectivity index (χ2n) is 3.85. The first-order chi connectivity index (χ1) is 9.10. The summed E-state index contributed by atoms with van der Waals surface area (Å²) >= 11 is 4.85. The van der Waals surface area contributed by atoms with Crippen molar-refractivity contribution in [3.63, 3.8) is 0 Å². The van der Waals surface area contributed by atoms with Gasteiger partial charge in [-0.1, -0.05) is 6.07 Å². The Morgan fingerprint density at radius 2 is 2.21 bits per heavy atom. The number of rotatable bonds is 5. The highest BCUT2D eigenvalue weighted by atomic mass is 79.9. The van der Waals surface area contributed by atoms with Crippen molar-refractivity contribution in [3.8, 4) is 5.75 Å². The number of halogens is 1. The lowest BCUT2D eigenvalue weighted by Crippen LogP contribution is -2.26. The highest BCUT2D eigenvalue weighted by Crippen LogP contribution is 2.30. The van der Waals surface area contributed by atoms with Crippen LogP contribution < -0.4 is 15.8 Å². The Hall–Kier alpha value is -1.53. The average Bonchev–Trinajstić information content (AvgIpc) is 2.82. The summed E-state index contributed by atoms with van der Waals surface area (Å²) < 4.78 is 6.11. The lowest BCUT2D eigenvalue weighted by Gasteiger charge is -2.15. The summed E-state index contributed by atoms with van der Waals surface area (Å²) in [4.78, 5) is 12.5. The van der Waals surface area contributed by atoms with Crippen molar-refractivity contribution in [1.29, 1.82) is 0 Å². The number of nitrogens with one attached hydrogen (secondary N) is 1. The van der Waals surface area contributed by atoms with Crippen molar-refractivity contribution in [3.05, 3.63) is 45.1 Å². The van der Waals surface area contributed by atoms with Crippen molar-refractivity contribution >= 4 is 38.9 Å². The smallest absolute Gasteiger partial charge is 0.245 e. The zero-order valence-corrected chi connectivity index (χ0v) is 12.6. The highest BCUT2D eigenvalue weighted by Gasteiger charge is 2.19. The molecule has 0 spiro atoms. The molecule has 3 N–H and O–H groups in total. The molecular formula is C13H13BrN2O2S. The third-order valence-electron chi connectivity index (χ3n) is 2.54. The summed E-state index contributed by atoms with van der Waals surface area (Å²) in [6, 6.07) is 10.6. The number of nitrogens with two attached hydrogens (primary N) is 1. The Morgan fingerprint density at radius 1 is 1.42 bits per heavy atom. The molecule has 0 bridgehead atoms. The molecule has 1 atom stereocenters. The number of thiophene rings is 1. The summed E-state index contributed by atoms with van der Waals surface area (Å²) in [5, 5.41) is 3.12. The Labute approximate surface area is 123 Å². The highest BCUT2D eigenvalue weighted by molar-refractivity contribution is 9.11. The Bertz CT molecular complexity index is 586. The van der Waals surface area contributed by atoms with Gasteiger partial charge in [-0.05, 0) is 40.2 Å². The van der Waals surface area contributed by atoms with Crippen LogP contribution in [0, 0.1) is 0 Å². The number of amides is 1. The SMILES string of the molecule is COc1cccc(NC(C(N)=O)c2ccc(Br)s2)c1. The molecule has 1 aromatic heterocycles. The van der Waals surface area contributed by atoms with Crippen LogP contribution in [0.1, 0.15) is 10.9 Å². The predicted molar refractivity (Wildman–Crippen MR) is 80.6 cm³/mol. The van der Waals surface area contributed by atoms with E-state index in [0.717, 1.165) is 20.1 Å². The molecule has 4 nitrogen and oxygen atoms in total. The number of carbonyl (C=O) groups is 1. The van der Waals surface area contributed by atoms with Crippen LogP contribution in [0.25, 0.3) is 0 Å². The topological polar surface area (TPSA) is 64.3 Å². The zero-order valence-electron chi connectivity index (χ0n) is 10.2. The maximum absolute atomic E-state index is 11.6. The van der Waals surface area contributed by atoms with E-state index in [0.29, 0.717) is 0 Å². The monoisotopic (exact) mass is 340 g/mol. The summed E-state index contributed by atoms with van der Waals surface area (Å²) in [5.74, 6) is 0.303. The molecule has 1 heterocycles. The fraction of sp³-hybridized carbons (Fsp3) is 0.154. The fourth-order valence-electron chi connectivity index (χ4n) is 1.65. The van der Waals surface area contributed by atoms with Crippen LogP contribution in [0.15, 0.2) is 40.2 Å². The molecule has 0 saturated heterocycles. The second-order valence-corrected chi connectivity index (χ2v) is 6.35. The lowest BCUT2D eigenvalue weighted by molar-refractivity contribution is -0.118. The van der Waals surface area contributed by atoms with E-state index >= 15 is 0 Å². The van der Waals surface area contributed by atoms with Crippen molar-refractivity contribution in [1.82, 2.24) is 0 Å². The average molecular weight is 341 g/mol. The normalized spacial score (nSPS) is 11.9. The van der Waals surface area contributed by atoms with Gasteiger partial charge in [0.25, 0.3) is 0 Å². The number of ether oxygens (including phenoxy) is 1. The third kappa shape index (κ3) is 3.48. The van der Waals surface area contributed by atoms with Crippen LogP contribution in [-0.4, -0.2) is 13.0 Å². The number of hydrogen-bond acceptors (Lipinski definition) is 4. The van der Waals surface area contributed by atoms with Crippen LogP contribution in [0.5, 0.6) is 5.75 Å². The van der Waals surface area contributed by atoms with E-state index in [1.54, 1.807) is 7.11 Å². The van der Waals surface area contributed by atoms with Crippen LogP contribution in [0.4, 0.5) is 5.69 Å².